The fraction of sp³-hybridized carbons (Fsp3) is 0.462. The maximum atomic E-state index is 11.8. The summed E-state index contributed by atoms with van der Waals surface area (Å²) in [5.41, 5.74) is 5.80. The van der Waals surface area contributed by atoms with E-state index in [1.807, 2.05) is 11.4 Å². The summed E-state index contributed by atoms with van der Waals surface area (Å²) in [6.07, 6.45) is 3.95. The molecule has 1 fully saturated rings. The lowest BCUT2D eigenvalue weighted by molar-refractivity contribution is 0.0950. The highest BCUT2D eigenvalue weighted by molar-refractivity contribution is 7.12. The van der Waals surface area contributed by atoms with Crippen LogP contribution < -0.4 is 11.1 Å². The highest BCUT2D eigenvalue weighted by Crippen LogP contribution is 2.34. The molecule has 0 atom stereocenters. The average Bonchev–Trinajstić information content (AvgIpc) is 3.17. The van der Waals surface area contributed by atoms with Gasteiger partial charge in [-0.15, -0.1) is 11.3 Å². The summed E-state index contributed by atoms with van der Waals surface area (Å²) in [4.78, 5) is 16.8. The molecule has 3 rings (SSSR count). The first kappa shape index (κ1) is 13.3. The summed E-state index contributed by atoms with van der Waals surface area (Å²) in [6, 6.07) is 3.61. The number of nitrogens with one attached hydrogen (secondary N) is 1. The van der Waals surface area contributed by atoms with E-state index in [0.29, 0.717) is 16.6 Å². The van der Waals surface area contributed by atoms with Crippen LogP contribution in [-0.4, -0.2) is 16.0 Å². The molecule has 0 aliphatic heterocycles. The van der Waals surface area contributed by atoms with Crippen molar-refractivity contribution in [1.29, 1.82) is 0 Å². The first-order chi connectivity index (χ1) is 9.67. The molecule has 20 heavy (non-hydrogen) atoms. The fourth-order valence-corrected chi connectivity index (χ4v) is 3.05. The van der Waals surface area contributed by atoms with Gasteiger partial charge in [0.1, 0.15) is 0 Å². The number of carbonyl (C=O) groups is 1. The minimum Gasteiger partial charge on any atom is -0.342 e. The van der Waals surface area contributed by atoms with Crippen LogP contribution in [0.2, 0.25) is 0 Å². The van der Waals surface area contributed by atoms with E-state index in [1.165, 1.54) is 11.3 Å². The van der Waals surface area contributed by atoms with Crippen LogP contribution in [0.15, 0.2) is 22.0 Å². The zero-order valence-electron chi connectivity index (χ0n) is 11.0. The van der Waals surface area contributed by atoms with Crippen molar-refractivity contribution in [2.45, 2.75) is 37.8 Å². The minimum atomic E-state index is -0.459. The zero-order valence-corrected chi connectivity index (χ0v) is 11.8. The quantitative estimate of drug-likeness (QED) is 0.896. The predicted molar refractivity (Wildman–Crippen MR) is 74.1 cm³/mol. The second-order valence-electron chi connectivity index (χ2n) is 5.03. The van der Waals surface area contributed by atoms with Gasteiger partial charge < -0.3 is 15.6 Å². The molecule has 0 saturated heterocycles. The van der Waals surface area contributed by atoms with E-state index in [9.17, 15) is 4.79 Å². The van der Waals surface area contributed by atoms with Crippen LogP contribution in [0.4, 0.5) is 0 Å². The third-order valence-corrected chi connectivity index (χ3v) is 4.42. The van der Waals surface area contributed by atoms with Crippen LogP contribution in [0.1, 0.15) is 47.1 Å². The molecular formula is C13H16N4O2S. The van der Waals surface area contributed by atoms with Crippen molar-refractivity contribution in [2.75, 3.05) is 0 Å². The molecule has 0 unspecified atom stereocenters. The van der Waals surface area contributed by atoms with E-state index in [4.69, 9.17) is 10.3 Å². The SMILES string of the molecule is NC1(c2noc(CNC(=O)c3cccs3)n2)CCCC1. The summed E-state index contributed by atoms with van der Waals surface area (Å²) >= 11 is 1.39. The maximum Gasteiger partial charge on any atom is 0.261 e. The molecule has 0 aromatic carbocycles. The van der Waals surface area contributed by atoms with Crippen LogP contribution in [0.25, 0.3) is 0 Å². The van der Waals surface area contributed by atoms with Gasteiger partial charge in [-0.1, -0.05) is 24.1 Å². The molecule has 2 heterocycles. The highest BCUT2D eigenvalue weighted by atomic mass is 32.1. The van der Waals surface area contributed by atoms with E-state index < -0.39 is 5.54 Å². The Labute approximate surface area is 120 Å². The Hall–Kier alpha value is -1.73. The normalized spacial score (nSPS) is 17.2. The van der Waals surface area contributed by atoms with Gasteiger partial charge >= 0.3 is 0 Å². The molecule has 1 aliphatic carbocycles. The Morgan fingerprint density at radius 2 is 2.30 bits per heavy atom. The number of carbonyl (C=O) groups excluding carboxylic acids is 1. The van der Waals surface area contributed by atoms with Gasteiger partial charge in [-0.3, -0.25) is 4.79 Å². The molecule has 0 radical (unpaired) electrons. The number of hydrogen-bond acceptors (Lipinski definition) is 6. The van der Waals surface area contributed by atoms with Gasteiger partial charge in [-0.2, -0.15) is 4.98 Å². The summed E-state index contributed by atoms with van der Waals surface area (Å²) in [7, 11) is 0. The summed E-state index contributed by atoms with van der Waals surface area (Å²) < 4.78 is 5.16. The maximum absolute atomic E-state index is 11.8. The molecule has 3 N–H and O–H groups in total. The monoisotopic (exact) mass is 292 g/mol. The molecule has 6 nitrogen and oxygen atoms in total. The first-order valence-corrected chi connectivity index (χ1v) is 7.49. The summed E-state index contributed by atoms with van der Waals surface area (Å²) in [5.74, 6) is 0.806. The van der Waals surface area contributed by atoms with Crippen molar-refractivity contribution >= 4 is 17.2 Å². The van der Waals surface area contributed by atoms with Crippen molar-refractivity contribution in [2.24, 2.45) is 5.73 Å². The average molecular weight is 292 g/mol. The Balaban J connectivity index is 1.62. The van der Waals surface area contributed by atoms with Crippen molar-refractivity contribution in [1.82, 2.24) is 15.5 Å². The lowest BCUT2D eigenvalue weighted by atomic mass is 9.99. The van der Waals surface area contributed by atoms with Crippen LogP contribution >= 0.6 is 11.3 Å². The van der Waals surface area contributed by atoms with Crippen LogP contribution in [0.3, 0.4) is 0 Å². The Kier molecular flexibility index (Phi) is 3.54. The van der Waals surface area contributed by atoms with Crippen LogP contribution in [0, 0.1) is 0 Å². The molecule has 1 amide bonds. The fourth-order valence-electron chi connectivity index (χ4n) is 2.41. The number of aromatic nitrogens is 2. The predicted octanol–water partition coefficient (Wildman–Crippen LogP) is 1.79. The van der Waals surface area contributed by atoms with Gasteiger partial charge in [0.15, 0.2) is 5.82 Å². The lowest BCUT2D eigenvalue weighted by Gasteiger charge is -2.17. The van der Waals surface area contributed by atoms with E-state index in [1.54, 1.807) is 6.07 Å². The third kappa shape index (κ3) is 2.59. The first-order valence-electron chi connectivity index (χ1n) is 6.61. The molecular weight excluding hydrogens is 276 g/mol. The number of rotatable bonds is 4. The van der Waals surface area contributed by atoms with E-state index in [-0.39, 0.29) is 12.5 Å². The standard InChI is InChI=1S/C13H16N4O2S/c14-13(5-1-2-6-13)12-16-10(19-17-12)8-15-11(18)9-4-3-7-20-9/h3-4,7H,1-2,5-6,8,14H2,(H,15,18). The van der Waals surface area contributed by atoms with Crippen molar-refractivity contribution in [3.05, 3.63) is 34.1 Å². The molecule has 2 aromatic heterocycles. The van der Waals surface area contributed by atoms with Crippen LogP contribution in [-0.2, 0) is 12.1 Å². The van der Waals surface area contributed by atoms with Crippen molar-refractivity contribution in [3.63, 3.8) is 0 Å². The smallest absolute Gasteiger partial charge is 0.261 e. The topological polar surface area (TPSA) is 94.0 Å². The van der Waals surface area contributed by atoms with Gasteiger partial charge in [-0.05, 0) is 24.3 Å². The Morgan fingerprint density at radius 3 is 3.00 bits per heavy atom. The number of nitrogens with two attached hydrogens (primary N) is 1. The highest BCUT2D eigenvalue weighted by Gasteiger charge is 2.35. The van der Waals surface area contributed by atoms with Gasteiger partial charge in [0, 0.05) is 0 Å². The zero-order chi connectivity index (χ0) is 14.0. The number of thiophene rings is 1. The van der Waals surface area contributed by atoms with Gasteiger partial charge in [-0.25, -0.2) is 0 Å². The largest absolute Gasteiger partial charge is 0.342 e. The second kappa shape index (κ2) is 5.34. The summed E-state index contributed by atoms with van der Waals surface area (Å²) in [6.45, 7) is 0.222. The molecule has 0 bridgehead atoms. The van der Waals surface area contributed by atoms with Gasteiger partial charge in [0.25, 0.3) is 5.91 Å². The van der Waals surface area contributed by atoms with E-state index in [0.717, 1.165) is 25.7 Å². The van der Waals surface area contributed by atoms with Crippen molar-refractivity contribution in [3.8, 4) is 0 Å². The molecule has 1 saturated carbocycles. The molecule has 7 heteroatoms. The number of nitrogens with zero attached hydrogens (tertiary/aromatic N) is 2. The van der Waals surface area contributed by atoms with E-state index >= 15 is 0 Å². The molecule has 0 spiro atoms. The molecule has 2 aromatic rings. The minimum absolute atomic E-state index is 0.136. The second-order valence-corrected chi connectivity index (χ2v) is 5.98. The van der Waals surface area contributed by atoms with Crippen LogP contribution in [0.5, 0.6) is 0 Å². The summed E-state index contributed by atoms with van der Waals surface area (Å²) in [5, 5.41) is 8.56. The number of hydrogen-bond donors (Lipinski definition) is 2. The Morgan fingerprint density at radius 1 is 1.50 bits per heavy atom. The van der Waals surface area contributed by atoms with E-state index in [2.05, 4.69) is 15.5 Å². The van der Waals surface area contributed by atoms with Gasteiger partial charge in [0.2, 0.25) is 5.89 Å². The molecule has 1 aliphatic rings. The lowest BCUT2D eigenvalue weighted by Crippen LogP contribution is -2.34. The molecule has 106 valence electrons. The Bertz CT molecular complexity index is 587. The third-order valence-electron chi connectivity index (χ3n) is 3.55. The van der Waals surface area contributed by atoms with Gasteiger partial charge in [0.05, 0.1) is 17.0 Å². The number of amides is 1. The van der Waals surface area contributed by atoms with Crippen molar-refractivity contribution < 1.29 is 9.32 Å².